The zero-order chi connectivity index (χ0) is 36.7. The van der Waals surface area contributed by atoms with Gasteiger partial charge in [-0.2, -0.15) is 0 Å². The number of aliphatic carboxylic acids is 1. The Kier molecular flexibility index (Phi) is 10.4. The van der Waals surface area contributed by atoms with Crippen LogP contribution < -0.4 is 25.4 Å². The van der Waals surface area contributed by atoms with Gasteiger partial charge in [0, 0.05) is 29.3 Å². The summed E-state index contributed by atoms with van der Waals surface area (Å²) in [4.78, 5) is 62.8. The fourth-order valence-corrected chi connectivity index (χ4v) is 7.52. The number of amides is 3. The zero-order valence-corrected chi connectivity index (χ0v) is 30.6. The van der Waals surface area contributed by atoms with Gasteiger partial charge >= 0.3 is 12.1 Å². The van der Waals surface area contributed by atoms with Gasteiger partial charge in [0.15, 0.2) is 5.13 Å². The summed E-state index contributed by atoms with van der Waals surface area (Å²) in [5.41, 5.74) is -0.843. The molecule has 1 saturated carbocycles. The number of hydrogen-bond donors (Lipinski definition) is 5. The minimum Gasteiger partial charge on any atom is -0.495 e. The molecule has 3 aromatic rings. The van der Waals surface area contributed by atoms with Crippen molar-refractivity contribution in [2.24, 2.45) is 11.3 Å². The van der Waals surface area contributed by atoms with Gasteiger partial charge in [0.2, 0.25) is 11.8 Å². The quantitative estimate of drug-likeness (QED) is 0.164. The van der Waals surface area contributed by atoms with Crippen molar-refractivity contribution in [2.75, 3.05) is 19.0 Å². The number of ether oxygens (including phenoxy) is 2. The van der Waals surface area contributed by atoms with E-state index in [0.717, 1.165) is 0 Å². The van der Waals surface area contributed by atoms with Crippen LogP contribution in [0.4, 0.5) is 9.93 Å². The van der Waals surface area contributed by atoms with E-state index in [1.807, 2.05) is 26.2 Å². The lowest BCUT2D eigenvalue weighted by molar-refractivity contribution is -0.146. The molecule has 0 radical (unpaired) electrons. The Hall–Kier alpha value is -4.37. The van der Waals surface area contributed by atoms with Crippen LogP contribution in [0.15, 0.2) is 23.6 Å². The maximum Gasteiger partial charge on any atom is 0.405 e. The van der Waals surface area contributed by atoms with E-state index in [1.54, 1.807) is 39.0 Å². The maximum atomic E-state index is 14.1. The van der Waals surface area contributed by atoms with Crippen molar-refractivity contribution in [1.82, 2.24) is 25.5 Å². The molecule has 3 amide bonds. The summed E-state index contributed by atoms with van der Waals surface area (Å²) in [6, 6.07) is 2.98. The molecule has 50 heavy (non-hydrogen) atoms. The van der Waals surface area contributed by atoms with Gasteiger partial charge in [-0.25, -0.2) is 19.6 Å². The van der Waals surface area contributed by atoms with Crippen LogP contribution in [-0.4, -0.2) is 92.4 Å². The van der Waals surface area contributed by atoms with Gasteiger partial charge in [0.05, 0.1) is 24.9 Å². The van der Waals surface area contributed by atoms with Crippen LogP contribution >= 0.6 is 22.9 Å². The largest absolute Gasteiger partial charge is 0.495 e. The number of thiazole rings is 1. The lowest BCUT2D eigenvalue weighted by Gasteiger charge is -2.34. The summed E-state index contributed by atoms with van der Waals surface area (Å²) in [6.07, 6.45) is -1.31. The highest BCUT2D eigenvalue weighted by molar-refractivity contribution is 7.14. The number of halogens is 1. The predicted octanol–water partition coefficient (Wildman–Crippen LogP) is 5.24. The Morgan fingerprint density at radius 2 is 1.86 bits per heavy atom. The molecular formula is C34H43ClN6O8S. The molecule has 3 heterocycles. The van der Waals surface area contributed by atoms with Crippen molar-refractivity contribution in [3.05, 3.63) is 28.6 Å². The maximum absolute atomic E-state index is 14.1. The fraction of sp³-hybridized carbons (Fsp3) is 0.529. The molecule has 5 N–H and O–H groups in total. The lowest BCUT2D eigenvalue weighted by atomic mass is 9.85. The molecule has 2 aromatic heterocycles. The number of methoxy groups -OCH3 is 1. The van der Waals surface area contributed by atoms with Crippen molar-refractivity contribution in [2.45, 2.75) is 90.6 Å². The minimum atomic E-state index is -1.43. The lowest BCUT2D eigenvalue weighted by Crippen LogP contribution is -2.59. The van der Waals surface area contributed by atoms with E-state index in [9.17, 15) is 29.4 Å². The summed E-state index contributed by atoms with van der Waals surface area (Å²) in [6.45, 7) is 10.9. The SMILES string of the molecule is CC[C@@H]1C[C@]1(NC(=O)[C@@H]1C[C@@H](Oc2cc(-c3csc(NC(C)C)n3)nc3c(Cl)c(OC)ccc23)CN1C(=O)[C@@H](NC(=O)O)C(C)(C)C)C(=O)O. The van der Waals surface area contributed by atoms with Crippen molar-refractivity contribution < 1.29 is 38.9 Å². The highest BCUT2D eigenvalue weighted by atomic mass is 35.5. The standard InChI is InChI=1S/C34H43ClN6O8S/c1-8-17-13-34(17,30(44)45)40-28(42)22-11-18(14-41(22)29(43)27(33(4,5)6)39-32(46)47)49-24-12-20(21-15-50-31(38-21)36-16(2)3)37-26-19(24)9-10-23(48-7)25(26)35/h9-10,12,15-18,22,27,39H,8,11,13-14H2,1-7H3,(H,36,38)(H,40,42)(H,44,45)(H,46,47)/t17-,18-,22+,27-,34-/m1/s1. The molecule has 0 bridgehead atoms. The number of hydrogen-bond acceptors (Lipinski definition) is 10. The Morgan fingerprint density at radius 1 is 1.14 bits per heavy atom. The van der Waals surface area contributed by atoms with E-state index < -0.39 is 53.0 Å². The third-order valence-corrected chi connectivity index (χ3v) is 10.2. The van der Waals surface area contributed by atoms with Gasteiger partial charge in [-0.15, -0.1) is 11.3 Å². The first-order valence-corrected chi connectivity index (χ1v) is 17.7. The summed E-state index contributed by atoms with van der Waals surface area (Å²) in [5, 5.41) is 31.3. The number of pyridine rings is 1. The van der Waals surface area contributed by atoms with Crippen LogP contribution in [0.25, 0.3) is 22.3 Å². The average molecular weight is 731 g/mol. The summed E-state index contributed by atoms with van der Waals surface area (Å²) >= 11 is 8.17. The number of nitrogens with one attached hydrogen (secondary N) is 3. The number of likely N-dealkylation sites (tertiary alicyclic amines) is 1. The number of carboxylic acid groups (broad SMARTS) is 2. The Labute approximate surface area is 298 Å². The molecule has 5 rings (SSSR count). The highest BCUT2D eigenvalue weighted by Crippen LogP contribution is 2.46. The molecule has 1 aromatic carbocycles. The first-order valence-electron chi connectivity index (χ1n) is 16.4. The van der Waals surface area contributed by atoms with E-state index in [0.29, 0.717) is 45.3 Å². The Bertz CT molecular complexity index is 1810. The number of aromatic nitrogens is 2. The Morgan fingerprint density at radius 3 is 2.44 bits per heavy atom. The van der Waals surface area contributed by atoms with Gasteiger partial charge in [-0.05, 0) is 43.7 Å². The fourth-order valence-electron chi connectivity index (χ4n) is 6.39. The molecule has 0 unspecified atom stereocenters. The van der Waals surface area contributed by atoms with Crippen LogP contribution in [0.5, 0.6) is 11.5 Å². The summed E-state index contributed by atoms with van der Waals surface area (Å²) in [5.74, 6) is -1.89. The normalized spacial score (nSPS) is 22.3. The monoisotopic (exact) mass is 730 g/mol. The topological polar surface area (TPSA) is 192 Å². The van der Waals surface area contributed by atoms with E-state index in [-0.39, 0.29) is 36.4 Å². The number of carbonyl (C=O) groups is 4. The highest BCUT2D eigenvalue weighted by Gasteiger charge is 2.61. The number of carboxylic acids is 1. The zero-order valence-electron chi connectivity index (χ0n) is 29.0. The van der Waals surface area contributed by atoms with Crippen LogP contribution in [0, 0.1) is 11.3 Å². The van der Waals surface area contributed by atoms with Crippen molar-refractivity contribution in [1.29, 1.82) is 0 Å². The average Bonchev–Trinajstić information content (AvgIpc) is 3.32. The second kappa shape index (κ2) is 14.1. The summed E-state index contributed by atoms with van der Waals surface area (Å²) < 4.78 is 12.0. The first kappa shape index (κ1) is 36.9. The van der Waals surface area contributed by atoms with Crippen LogP contribution in [-0.2, 0) is 14.4 Å². The number of nitrogens with zero attached hydrogens (tertiary/aromatic N) is 3. The predicted molar refractivity (Wildman–Crippen MR) is 189 cm³/mol. The van der Waals surface area contributed by atoms with Gasteiger partial charge in [0.25, 0.3) is 0 Å². The van der Waals surface area contributed by atoms with E-state index in [1.165, 1.54) is 23.3 Å². The van der Waals surface area contributed by atoms with Crippen molar-refractivity contribution >= 4 is 62.8 Å². The van der Waals surface area contributed by atoms with Gasteiger partial charge in [-0.1, -0.05) is 45.7 Å². The molecule has 16 heteroatoms. The molecule has 5 atom stereocenters. The minimum absolute atomic E-state index is 0.0101. The van der Waals surface area contributed by atoms with Crippen LogP contribution in [0.3, 0.4) is 0 Å². The number of carbonyl (C=O) groups excluding carboxylic acids is 2. The third-order valence-electron chi connectivity index (χ3n) is 9.09. The molecule has 270 valence electrons. The third kappa shape index (κ3) is 7.38. The van der Waals surface area contributed by atoms with E-state index in [2.05, 4.69) is 20.9 Å². The molecule has 2 fully saturated rings. The van der Waals surface area contributed by atoms with Crippen molar-refractivity contribution in [3.63, 3.8) is 0 Å². The second-order valence-corrected chi connectivity index (χ2v) is 15.4. The van der Waals surface area contributed by atoms with E-state index in [4.69, 9.17) is 26.1 Å². The number of fused-ring (bicyclic) bond motifs is 1. The van der Waals surface area contributed by atoms with Gasteiger partial charge < -0.3 is 40.5 Å². The molecule has 1 aliphatic carbocycles. The van der Waals surface area contributed by atoms with Gasteiger partial charge in [-0.3, -0.25) is 9.59 Å². The second-order valence-electron chi connectivity index (χ2n) is 14.1. The van der Waals surface area contributed by atoms with Crippen LogP contribution in [0.1, 0.15) is 60.8 Å². The number of benzene rings is 1. The van der Waals surface area contributed by atoms with E-state index >= 15 is 0 Å². The Balaban J connectivity index is 1.53. The molecular weight excluding hydrogens is 688 g/mol. The van der Waals surface area contributed by atoms with Crippen LogP contribution in [0.2, 0.25) is 5.02 Å². The number of rotatable bonds is 12. The smallest absolute Gasteiger partial charge is 0.405 e. The molecule has 1 saturated heterocycles. The number of anilines is 1. The molecule has 14 nitrogen and oxygen atoms in total. The molecule has 1 aliphatic heterocycles. The van der Waals surface area contributed by atoms with Crippen molar-refractivity contribution in [3.8, 4) is 22.9 Å². The molecule has 2 aliphatic rings. The van der Waals surface area contributed by atoms with Gasteiger partial charge in [0.1, 0.15) is 45.9 Å². The summed E-state index contributed by atoms with van der Waals surface area (Å²) in [7, 11) is 1.50. The first-order chi connectivity index (χ1) is 23.5. The molecule has 0 spiro atoms.